The second-order valence-corrected chi connectivity index (χ2v) is 7.00. The normalized spacial score (nSPS) is 11.6. The number of rotatable bonds is 7. The van der Waals surface area contributed by atoms with E-state index in [0.717, 1.165) is 16.5 Å². The molecule has 1 heterocycles. The molecule has 1 aromatic rings. The van der Waals surface area contributed by atoms with Gasteiger partial charge in [-0.15, -0.1) is 23.1 Å². The predicted molar refractivity (Wildman–Crippen MR) is 76.9 cm³/mol. The van der Waals surface area contributed by atoms with Gasteiger partial charge < -0.3 is 10.4 Å². The second-order valence-electron chi connectivity index (χ2n) is 4.95. The third-order valence-electron chi connectivity index (χ3n) is 2.34. The standard InChI is InChI=1S/C12H20N2O2S2/c1-9-14-10(5-18-9)4-17-6-11(16)13-7-12(2,3)8-15/h5,15H,4,6-8H2,1-3H3,(H,13,16). The minimum Gasteiger partial charge on any atom is -0.396 e. The molecule has 0 spiro atoms. The summed E-state index contributed by atoms with van der Waals surface area (Å²) < 4.78 is 0. The minimum atomic E-state index is -0.258. The molecule has 1 amide bonds. The highest BCUT2D eigenvalue weighted by Crippen LogP contribution is 2.15. The summed E-state index contributed by atoms with van der Waals surface area (Å²) in [7, 11) is 0. The molecule has 0 bridgehead atoms. The molecular formula is C12H20N2O2S2. The Balaban J connectivity index is 2.18. The highest BCUT2D eigenvalue weighted by atomic mass is 32.2. The number of nitrogens with zero attached hydrogens (tertiary/aromatic N) is 1. The van der Waals surface area contributed by atoms with Crippen LogP contribution in [0.2, 0.25) is 0 Å². The highest BCUT2D eigenvalue weighted by Gasteiger charge is 2.17. The number of aliphatic hydroxyl groups excluding tert-OH is 1. The summed E-state index contributed by atoms with van der Waals surface area (Å²) in [5.41, 5.74) is 0.776. The average Bonchev–Trinajstić information content (AvgIpc) is 2.73. The maximum Gasteiger partial charge on any atom is 0.230 e. The van der Waals surface area contributed by atoms with Gasteiger partial charge in [0.2, 0.25) is 5.91 Å². The van der Waals surface area contributed by atoms with Gasteiger partial charge in [0.1, 0.15) is 0 Å². The summed E-state index contributed by atoms with van der Waals surface area (Å²) in [5, 5.41) is 15.0. The lowest BCUT2D eigenvalue weighted by Gasteiger charge is -2.21. The predicted octanol–water partition coefficient (Wildman–Crippen LogP) is 1.82. The summed E-state index contributed by atoms with van der Waals surface area (Å²) in [5.74, 6) is 1.20. The molecule has 0 atom stereocenters. The molecule has 1 rings (SSSR count). The van der Waals surface area contributed by atoms with Crippen LogP contribution < -0.4 is 5.32 Å². The van der Waals surface area contributed by atoms with E-state index >= 15 is 0 Å². The van der Waals surface area contributed by atoms with E-state index in [2.05, 4.69) is 10.3 Å². The zero-order valence-corrected chi connectivity index (χ0v) is 12.7. The maximum absolute atomic E-state index is 11.6. The number of hydrogen-bond acceptors (Lipinski definition) is 5. The van der Waals surface area contributed by atoms with Crippen LogP contribution >= 0.6 is 23.1 Å². The number of carbonyl (C=O) groups is 1. The van der Waals surface area contributed by atoms with Gasteiger partial charge >= 0.3 is 0 Å². The van der Waals surface area contributed by atoms with Gasteiger partial charge in [0.15, 0.2) is 0 Å². The van der Waals surface area contributed by atoms with Gasteiger partial charge in [-0.1, -0.05) is 13.8 Å². The summed E-state index contributed by atoms with van der Waals surface area (Å²) in [4.78, 5) is 15.9. The van der Waals surface area contributed by atoms with E-state index in [1.165, 1.54) is 0 Å². The first kappa shape index (κ1) is 15.5. The number of thiazole rings is 1. The lowest BCUT2D eigenvalue weighted by atomic mass is 9.95. The fraction of sp³-hybridized carbons (Fsp3) is 0.667. The lowest BCUT2D eigenvalue weighted by molar-refractivity contribution is -0.119. The van der Waals surface area contributed by atoms with Crippen molar-refractivity contribution in [1.29, 1.82) is 0 Å². The fourth-order valence-corrected chi connectivity index (χ4v) is 2.63. The van der Waals surface area contributed by atoms with Crippen LogP contribution in [0.1, 0.15) is 24.5 Å². The number of carbonyl (C=O) groups excluding carboxylic acids is 1. The van der Waals surface area contributed by atoms with E-state index in [1.807, 2.05) is 26.2 Å². The van der Waals surface area contributed by atoms with Crippen molar-refractivity contribution in [2.45, 2.75) is 26.5 Å². The molecule has 1 aromatic heterocycles. The first-order valence-corrected chi connectivity index (χ1v) is 7.83. The number of amides is 1. The molecule has 102 valence electrons. The van der Waals surface area contributed by atoms with E-state index in [1.54, 1.807) is 23.1 Å². The maximum atomic E-state index is 11.6. The van der Waals surface area contributed by atoms with E-state index in [4.69, 9.17) is 5.11 Å². The number of hydrogen-bond donors (Lipinski definition) is 2. The molecule has 0 radical (unpaired) electrons. The van der Waals surface area contributed by atoms with Gasteiger partial charge in [-0.2, -0.15) is 0 Å². The number of aliphatic hydroxyl groups is 1. The van der Waals surface area contributed by atoms with Crippen LogP contribution in [-0.2, 0) is 10.5 Å². The number of aryl methyl sites for hydroxylation is 1. The molecule has 0 fully saturated rings. The molecular weight excluding hydrogens is 268 g/mol. The van der Waals surface area contributed by atoms with Crippen molar-refractivity contribution in [1.82, 2.24) is 10.3 Å². The molecule has 0 saturated carbocycles. The Morgan fingerprint density at radius 3 is 2.89 bits per heavy atom. The summed E-state index contributed by atoms with van der Waals surface area (Å²) in [6.45, 7) is 6.37. The van der Waals surface area contributed by atoms with Gasteiger partial charge in [-0.25, -0.2) is 4.98 Å². The van der Waals surface area contributed by atoms with Crippen LogP contribution in [0.25, 0.3) is 0 Å². The van der Waals surface area contributed by atoms with Crippen molar-refractivity contribution in [3.8, 4) is 0 Å². The van der Waals surface area contributed by atoms with Crippen LogP contribution in [0.15, 0.2) is 5.38 Å². The van der Waals surface area contributed by atoms with Crippen molar-refractivity contribution >= 4 is 29.0 Å². The Morgan fingerprint density at radius 2 is 2.33 bits per heavy atom. The van der Waals surface area contributed by atoms with Gasteiger partial charge in [0.05, 0.1) is 16.5 Å². The zero-order valence-electron chi connectivity index (χ0n) is 11.0. The summed E-state index contributed by atoms with van der Waals surface area (Å²) in [6, 6.07) is 0. The molecule has 2 N–H and O–H groups in total. The number of aromatic nitrogens is 1. The Bertz CT molecular complexity index is 391. The first-order chi connectivity index (χ1) is 8.43. The van der Waals surface area contributed by atoms with Crippen LogP contribution in [0, 0.1) is 12.3 Å². The van der Waals surface area contributed by atoms with E-state index in [-0.39, 0.29) is 17.9 Å². The minimum absolute atomic E-state index is 0.00785. The Kier molecular flexibility index (Phi) is 6.11. The average molecular weight is 288 g/mol. The molecule has 18 heavy (non-hydrogen) atoms. The van der Waals surface area contributed by atoms with Crippen molar-refractivity contribution in [2.24, 2.45) is 5.41 Å². The highest BCUT2D eigenvalue weighted by molar-refractivity contribution is 7.99. The van der Waals surface area contributed by atoms with Crippen LogP contribution in [-0.4, -0.2) is 34.9 Å². The Morgan fingerprint density at radius 1 is 1.61 bits per heavy atom. The van der Waals surface area contributed by atoms with Gasteiger partial charge in [-0.3, -0.25) is 4.79 Å². The Hall–Kier alpha value is -0.590. The van der Waals surface area contributed by atoms with E-state index < -0.39 is 0 Å². The van der Waals surface area contributed by atoms with Crippen molar-refractivity contribution in [3.63, 3.8) is 0 Å². The third-order valence-corrected chi connectivity index (χ3v) is 4.13. The smallest absolute Gasteiger partial charge is 0.230 e. The monoisotopic (exact) mass is 288 g/mol. The summed E-state index contributed by atoms with van der Waals surface area (Å²) >= 11 is 3.18. The van der Waals surface area contributed by atoms with E-state index in [9.17, 15) is 4.79 Å². The molecule has 4 nitrogen and oxygen atoms in total. The molecule has 0 unspecified atom stereocenters. The second kappa shape index (κ2) is 7.11. The fourth-order valence-electron chi connectivity index (χ4n) is 1.17. The third kappa shape index (κ3) is 5.84. The Labute approximate surface area is 116 Å². The molecule has 0 aliphatic rings. The first-order valence-electron chi connectivity index (χ1n) is 5.79. The molecule has 6 heteroatoms. The molecule has 0 aliphatic carbocycles. The van der Waals surface area contributed by atoms with Crippen molar-refractivity contribution in [3.05, 3.63) is 16.1 Å². The van der Waals surface area contributed by atoms with Gasteiger partial charge in [0.25, 0.3) is 0 Å². The quantitative estimate of drug-likeness (QED) is 0.803. The van der Waals surface area contributed by atoms with Crippen molar-refractivity contribution in [2.75, 3.05) is 18.9 Å². The molecule has 0 saturated heterocycles. The molecule has 0 aliphatic heterocycles. The largest absolute Gasteiger partial charge is 0.396 e. The van der Waals surface area contributed by atoms with Crippen LogP contribution in [0.5, 0.6) is 0 Å². The van der Waals surface area contributed by atoms with Gasteiger partial charge in [-0.05, 0) is 6.92 Å². The number of nitrogens with one attached hydrogen (secondary N) is 1. The molecule has 0 aromatic carbocycles. The lowest BCUT2D eigenvalue weighted by Crippen LogP contribution is -2.36. The van der Waals surface area contributed by atoms with Crippen LogP contribution in [0.4, 0.5) is 0 Å². The summed E-state index contributed by atoms with van der Waals surface area (Å²) in [6.07, 6.45) is 0. The number of thioether (sulfide) groups is 1. The van der Waals surface area contributed by atoms with E-state index in [0.29, 0.717) is 12.3 Å². The zero-order chi connectivity index (χ0) is 13.6. The SMILES string of the molecule is Cc1nc(CSCC(=O)NCC(C)(C)CO)cs1. The van der Waals surface area contributed by atoms with Crippen molar-refractivity contribution < 1.29 is 9.90 Å². The van der Waals surface area contributed by atoms with Crippen LogP contribution in [0.3, 0.4) is 0 Å². The topological polar surface area (TPSA) is 62.2 Å². The van der Waals surface area contributed by atoms with Gasteiger partial charge in [0, 0.05) is 29.7 Å².